The Labute approximate surface area is 187 Å². The number of fused-ring (bicyclic) bond motifs is 1. The van der Waals surface area contributed by atoms with E-state index in [4.69, 9.17) is 4.74 Å². The molecule has 0 aliphatic carbocycles. The van der Waals surface area contributed by atoms with Gasteiger partial charge in [-0.15, -0.1) is 0 Å². The van der Waals surface area contributed by atoms with Crippen molar-refractivity contribution in [2.24, 2.45) is 10.9 Å². The van der Waals surface area contributed by atoms with Crippen LogP contribution in [0.4, 0.5) is 0 Å². The maximum absolute atomic E-state index is 5.94. The number of hydrogen-bond donors (Lipinski definition) is 2. The average molecular weight is 426 g/mol. The van der Waals surface area contributed by atoms with Gasteiger partial charge in [0.1, 0.15) is 5.75 Å². The van der Waals surface area contributed by atoms with Crippen molar-refractivity contribution in [3.05, 3.63) is 42.5 Å². The van der Waals surface area contributed by atoms with Crippen molar-refractivity contribution in [1.82, 2.24) is 20.4 Å². The van der Waals surface area contributed by atoms with E-state index in [0.29, 0.717) is 18.6 Å². The highest BCUT2D eigenvalue weighted by Crippen LogP contribution is 2.20. The quantitative estimate of drug-likeness (QED) is 0.367. The van der Waals surface area contributed by atoms with E-state index in [1.54, 1.807) is 0 Å². The highest BCUT2D eigenvalue weighted by molar-refractivity contribution is 5.83. The Balaban J connectivity index is 1.37. The molecule has 2 N–H and O–H groups in total. The van der Waals surface area contributed by atoms with Gasteiger partial charge in [-0.3, -0.25) is 9.89 Å². The van der Waals surface area contributed by atoms with Crippen LogP contribution < -0.4 is 15.4 Å². The number of benzene rings is 2. The number of aliphatic imine (C=N–C) groups is 1. The first-order valence-corrected chi connectivity index (χ1v) is 11.6. The number of guanidine groups is 1. The molecular formula is C25H39N5O. The minimum Gasteiger partial charge on any atom is -0.494 e. The van der Waals surface area contributed by atoms with Crippen molar-refractivity contribution in [3.8, 4) is 5.75 Å². The minimum absolute atomic E-state index is 0.517. The van der Waals surface area contributed by atoms with Crippen LogP contribution in [0.1, 0.15) is 20.3 Å². The lowest BCUT2D eigenvalue weighted by molar-refractivity contribution is 0.0900. The Morgan fingerprint density at radius 1 is 1.03 bits per heavy atom. The van der Waals surface area contributed by atoms with E-state index in [1.165, 1.54) is 10.8 Å². The van der Waals surface area contributed by atoms with Crippen LogP contribution in [-0.2, 0) is 0 Å². The van der Waals surface area contributed by atoms with Crippen LogP contribution in [-0.4, -0.2) is 81.8 Å². The lowest BCUT2D eigenvalue weighted by Gasteiger charge is -2.40. The molecule has 0 radical (unpaired) electrons. The highest BCUT2D eigenvalue weighted by atomic mass is 16.5. The zero-order valence-electron chi connectivity index (χ0n) is 19.6. The summed E-state index contributed by atoms with van der Waals surface area (Å²) < 4.78 is 5.94. The fourth-order valence-electron chi connectivity index (χ4n) is 4.09. The molecule has 170 valence electrons. The van der Waals surface area contributed by atoms with Gasteiger partial charge < -0.3 is 20.3 Å². The Morgan fingerprint density at radius 3 is 2.48 bits per heavy atom. The van der Waals surface area contributed by atoms with Crippen LogP contribution in [0.15, 0.2) is 47.5 Å². The summed E-state index contributed by atoms with van der Waals surface area (Å²) in [7, 11) is 4.04. The molecule has 6 nitrogen and oxygen atoms in total. The van der Waals surface area contributed by atoms with Crippen molar-refractivity contribution in [3.63, 3.8) is 0 Å². The molecule has 1 atom stereocenters. The van der Waals surface area contributed by atoms with E-state index in [9.17, 15) is 0 Å². The molecule has 1 fully saturated rings. The second-order valence-corrected chi connectivity index (χ2v) is 8.74. The number of piperazine rings is 1. The van der Waals surface area contributed by atoms with Crippen molar-refractivity contribution >= 4 is 16.7 Å². The van der Waals surface area contributed by atoms with E-state index in [0.717, 1.165) is 57.4 Å². The number of hydrogen-bond acceptors (Lipinski definition) is 4. The third kappa shape index (κ3) is 7.11. The van der Waals surface area contributed by atoms with Crippen molar-refractivity contribution in [1.29, 1.82) is 0 Å². The monoisotopic (exact) mass is 425 g/mol. The number of rotatable bonds is 9. The van der Waals surface area contributed by atoms with Gasteiger partial charge in [0.25, 0.3) is 0 Å². The molecule has 0 spiro atoms. The Kier molecular flexibility index (Phi) is 8.98. The first kappa shape index (κ1) is 23.4. The average Bonchev–Trinajstić information content (AvgIpc) is 2.78. The van der Waals surface area contributed by atoms with E-state index in [2.05, 4.69) is 82.7 Å². The SMILES string of the molecule is CN=C(NCCCOc1ccc2ccccc2c1)NCC(C(C)C)N1CCN(C)CC1. The van der Waals surface area contributed by atoms with Gasteiger partial charge in [0, 0.05) is 52.4 Å². The summed E-state index contributed by atoms with van der Waals surface area (Å²) in [6.07, 6.45) is 0.916. The van der Waals surface area contributed by atoms with Crippen LogP contribution in [0, 0.1) is 5.92 Å². The van der Waals surface area contributed by atoms with Gasteiger partial charge in [0.15, 0.2) is 5.96 Å². The van der Waals surface area contributed by atoms with Crippen LogP contribution in [0.5, 0.6) is 5.75 Å². The van der Waals surface area contributed by atoms with Crippen LogP contribution in [0.25, 0.3) is 10.8 Å². The maximum Gasteiger partial charge on any atom is 0.191 e. The molecule has 3 rings (SSSR count). The molecule has 0 saturated carbocycles. The summed E-state index contributed by atoms with van der Waals surface area (Å²) in [6, 6.07) is 15.1. The summed E-state index contributed by atoms with van der Waals surface area (Å²) in [5, 5.41) is 9.40. The molecule has 1 heterocycles. The molecular weight excluding hydrogens is 386 g/mol. The third-order valence-corrected chi connectivity index (χ3v) is 6.08. The van der Waals surface area contributed by atoms with E-state index >= 15 is 0 Å². The van der Waals surface area contributed by atoms with Crippen molar-refractivity contribution < 1.29 is 4.74 Å². The summed E-state index contributed by atoms with van der Waals surface area (Å²) in [5.41, 5.74) is 0. The molecule has 31 heavy (non-hydrogen) atoms. The molecule has 0 aromatic heterocycles. The predicted molar refractivity (Wildman–Crippen MR) is 131 cm³/mol. The summed E-state index contributed by atoms with van der Waals surface area (Å²) in [6.45, 7) is 11.6. The number of likely N-dealkylation sites (N-methyl/N-ethyl adjacent to an activating group) is 1. The normalized spacial score (nSPS) is 17.1. The Morgan fingerprint density at radius 2 is 1.77 bits per heavy atom. The van der Waals surface area contributed by atoms with E-state index in [-0.39, 0.29) is 0 Å². The second kappa shape index (κ2) is 11.9. The molecule has 0 amide bonds. The van der Waals surface area contributed by atoms with Gasteiger partial charge in [0.2, 0.25) is 0 Å². The van der Waals surface area contributed by atoms with Gasteiger partial charge in [-0.2, -0.15) is 0 Å². The summed E-state index contributed by atoms with van der Waals surface area (Å²) >= 11 is 0. The van der Waals surface area contributed by atoms with Crippen LogP contribution in [0.3, 0.4) is 0 Å². The lowest BCUT2D eigenvalue weighted by Crippen LogP contribution is -2.55. The van der Waals surface area contributed by atoms with Gasteiger partial charge in [-0.05, 0) is 42.3 Å². The number of nitrogens with zero attached hydrogens (tertiary/aromatic N) is 3. The van der Waals surface area contributed by atoms with Gasteiger partial charge >= 0.3 is 0 Å². The molecule has 2 aromatic carbocycles. The molecule has 0 bridgehead atoms. The zero-order chi connectivity index (χ0) is 22.1. The fourth-order valence-corrected chi connectivity index (χ4v) is 4.09. The van der Waals surface area contributed by atoms with Crippen molar-refractivity contribution in [2.45, 2.75) is 26.3 Å². The maximum atomic E-state index is 5.94. The number of ether oxygens (including phenoxy) is 1. The zero-order valence-corrected chi connectivity index (χ0v) is 19.6. The highest BCUT2D eigenvalue weighted by Gasteiger charge is 2.24. The Hall–Kier alpha value is -2.31. The summed E-state index contributed by atoms with van der Waals surface area (Å²) in [5.74, 6) is 2.39. The second-order valence-electron chi connectivity index (χ2n) is 8.74. The van der Waals surface area contributed by atoms with Crippen LogP contribution >= 0.6 is 0 Å². The van der Waals surface area contributed by atoms with E-state index in [1.807, 2.05) is 13.1 Å². The summed E-state index contributed by atoms with van der Waals surface area (Å²) in [4.78, 5) is 9.41. The number of nitrogens with one attached hydrogen (secondary N) is 2. The molecule has 2 aromatic rings. The molecule has 1 unspecified atom stereocenters. The largest absolute Gasteiger partial charge is 0.494 e. The predicted octanol–water partition coefficient (Wildman–Crippen LogP) is 3.05. The van der Waals surface area contributed by atoms with Crippen molar-refractivity contribution in [2.75, 3.05) is 60.0 Å². The molecule has 1 saturated heterocycles. The fraction of sp³-hybridized carbons (Fsp3) is 0.560. The minimum atomic E-state index is 0.517. The van der Waals surface area contributed by atoms with E-state index < -0.39 is 0 Å². The first-order chi connectivity index (χ1) is 15.1. The lowest BCUT2D eigenvalue weighted by atomic mass is 10.0. The molecule has 1 aliphatic heterocycles. The topological polar surface area (TPSA) is 52.1 Å². The van der Waals surface area contributed by atoms with Gasteiger partial charge in [-0.1, -0.05) is 44.2 Å². The van der Waals surface area contributed by atoms with Gasteiger partial charge in [0.05, 0.1) is 6.61 Å². The first-order valence-electron chi connectivity index (χ1n) is 11.6. The molecule has 1 aliphatic rings. The third-order valence-electron chi connectivity index (χ3n) is 6.08. The van der Waals surface area contributed by atoms with Crippen LogP contribution in [0.2, 0.25) is 0 Å². The standard InChI is InChI=1S/C25H39N5O/c1-20(2)24(30-15-13-29(4)14-16-30)19-28-25(26-3)27-12-7-17-31-23-11-10-21-8-5-6-9-22(21)18-23/h5-6,8-11,18,20,24H,7,12-17,19H2,1-4H3,(H2,26,27,28). The van der Waals surface area contributed by atoms with Gasteiger partial charge in [-0.25, -0.2) is 0 Å². The Bertz CT molecular complexity index is 830. The molecule has 6 heteroatoms. The smallest absolute Gasteiger partial charge is 0.191 e.